The van der Waals surface area contributed by atoms with Crippen molar-refractivity contribution in [2.75, 3.05) is 40.4 Å². The van der Waals surface area contributed by atoms with Crippen LogP contribution in [0.25, 0.3) is 0 Å². The van der Waals surface area contributed by atoms with Crippen LogP contribution in [0.15, 0.2) is 18.2 Å². The van der Waals surface area contributed by atoms with Gasteiger partial charge in [0.05, 0.1) is 14.2 Å². The Morgan fingerprint density at radius 2 is 1.50 bits per heavy atom. The maximum absolute atomic E-state index is 12.8. The highest BCUT2D eigenvalue weighted by molar-refractivity contribution is 5.95. The summed E-state index contributed by atoms with van der Waals surface area (Å²) in [5.74, 6) is 1.36. The summed E-state index contributed by atoms with van der Waals surface area (Å²) >= 11 is 0. The van der Waals surface area contributed by atoms with Crippen LogP contribution in [-0.4, -0.2) is 62.0 Å². The molecule has 0 spiro atoms. The largest absolute Gasteiger partial charge is 0.493 e. The van der Waals surface area contributed by atoms with Gasteiger partial charge in [0.2, 0.25) is 5.91 Å². The SMILES string of the molecule is COc1ccc(C(=O)N2CCN(C(=O)C3(C)CCCC3)CC2)cc1OC. The van der Waals surface area contributed by atoms with E-state index in [0.717, 1.165) is 25.7 Å². The van der Waals surface area contributed by atoms with Gasteiger partial charge in [-0.3, -0.25) is 9.59 Å². The number of carbonyl (C=O) groups excluding carboxylic acids is 2. The number of methoxy groups -OCH3 is 2. The lowest BCUT2D eigenvalue weighted by molar-refractivity contribution is -0.142. The minimum atomic E-state index is -0.199. The summed E-state index contributed by atoms with van der Waals surface area (Å²) in [5, 5.41) is 0. The molecule has 0 aromatic heterocycles. The predicted octanol–water partition coefficient (Wildman–Crippen LogP) is 2.57. The number of ether oxygens (including phenoxy) is 2. The molecule has 1 saturated heterocycles. The van der Waals surface area contributed by atoms with Gasteiger partial charge in [-0.2, -0.15) is 0 Å². The Balaban J connectivity index is 1.62. The van der Waals surface area contributed by atoms with Gasteiger partial charge in [0.25, 0.3) is 5.91 Å². The number of benzene rings is 1. The van der Waals surface area contributed by atoms with Gasteiger partial charge in [0, 0.05) is 37.2 Å². The van der Waals surface area contributed by atoms with Crippen LogP contribution in [0.3, 0.4) is 0 Å². The zero-order valence-electron chi connectivity index (χ0n) is 15.9. The van der Waals surface area contributed by atoms with Crippen LogP contribution in [0.1, 0.15) is 43.0 Å². The smallest absolute Gasteiger partial charge is 0.254 e. The fourth-order valence-electron chi connectivity index (χ4n) is 4.02. The van der Waals surface area contributed by atoms with Crippen molar-refractivity contribution in [3.63, 3.8) is 0 Å². The zero-order valence-corrected chi connectivity index (χ0v) is 15.9. The first-order chi connectivity index (χ1) is 12.5. The van der Waals surface area contributed by atoms with E-state index in [4.69, 9.17) is 9.47 Å². The highest BCUT2D eigenvalue weighted by atomic mass is 16.5. The highest BCUT2D eigenvalue weighted by Gasteiger charge is 2.40. The monoisotopic (exact) mass is 360 g/mol. The Kier molecular flexibility index (Phi) is 5.39. The molecule has 0 unspecified atom stereocenters. The van der Waals surface area contributed by atoms with E-state index in [1.54, 1.807) is 32.4 Å². The lowest BCUT2D eigenvalue weighted by atomic mass is 9.87. The van der Waals surface area contributed by atoms with Crippen LogP contribution in [0, 0.1) is 5.41 Å². The van der Waals surface area contributed by atoms with Crippen molar-refractivity contribution in [2.45, 2.75) is 32.6 Å². The molecule has 1 heterocycles. The Hall–Kier alpha value is -2.24. The fraction of sp³-hybridized carbons (Fsp3) is 0.600. The van der Waals surface area contributed by atoms with Gasteiger partial charge >= 0.3 is 0 Å². The second kappa shape index (κ2) is 7.56. The number of rotatable bonds is 4. The first-order valence-electron chi connectivity index (χ1n) is 9.29. The quantitative estimate of drug-likeness (QED) is 0.828. The van der Waals surface area contributed by atoms with Gasteiger partial charge in [0.1, 0.15) is 0 Å². The number of piperazine rings is 1. The molecular weight excluding hydrogens is 332 g/mol. The maximum Gasteiger partial charge on any atom is 0.254 e. The summed E-state index contributed by atoms with van der Waals surface area (Å²) in [6.45, 7) is 4.42. The van der Waals surface area contributed by atoms with E-state index >= 15 is 0 Å². The molecule has 0 N–H and O–H groups in total. The summed E-state index contributed by atoms with van der Waals surface area (Å²) in [5.41, 5.74) is 0.375. The van der Waals surface area contributed by atoms with Gasteiger partial charge in [0.15, 0.2) is 11.5 Å². The molecule has 6 heteroatoms. The van der Waals surface area contributed by atoms with Crippen molar-refractivity contribution in [3.8, 4) is 11.5 Å². The van der Waals surface area contributed by atoms with Gasteiger partial charge in [-0.05, 0) is 31.0 Å². The molecule has 2 fully saturated rings. The van der Waals surface area contributed by atoms with Gasteiger partial charge in [-0.25, -0.2) is 0 Å². The van der Waals surface area contributed by atoms with Crippen molar-refractivity contribution in [1.29, 1.82) is 0 Å². The third kappa shape index (κ3) is 3.50. The fourth-order valence-corrected chi connectivity index (χ4v) is 4.02. The number of hydrogen-bond donors (Lipinski definition) is 0. The second-order valence-electron chi connectivity index (χ2n) is 7.42. The lowest BCUT2D eigenvalue weighted by Gasteiger charge is -2.38. The third-order valence-electron chi connectivity index (χ3n) is 5.71. The summed E-state index contributed by atoms with van der Waals surface area (Å²) < 4.78 is 10.5. The number of nitrogens with zero attached hydrogens (tertiary/aromatic N) is 2. The van der Waals surface area contributed by atoms with Crippen LogP contribution < -0.4 is 9.47 Å². The average Bonchev–Trinajstić information content (AvgIpc) is 3.14. The topological polar surface area (TPSA) is 59.1 Å². The molecule has 142 valence electrons. The molecule has 0 radical (unpaired) electrons. The lowest BCUT2D eigenvalue weighted by Crippen LogP contribution is -2.53. The Bertz CT molecular complexity index is 674. The second-order valence-corrected chi connectivity index (χ2v) is 7.42. The Morgan fingerprint density at radius 3 is 2.08 bits per heavy atom. The van der Waals surface area contributed by atoms with E-state index in [2.05, 4.69) is 6.92 Å². The first-order valence-corrected chi connectivity index (χ1v) is 9.29. The Labute approximate surface area is 155 Å². The molecular formula is C20H28N2O4. The molecule has 0 bridgehead atoms. The minimum Gasteiger partial charge on any atom is -0.493 e. The van der Waals surface area contributed by atoms with Gasteiger partial charge in [-0.15, -0.1) is 0 Å². The molecule has 0 atom stereocenters. The van der Waals surface area contributed by atoms with E-state index in [9.17, 15) is 9.59 Å². The Morgan fingerprint density at radius 1 is 0.923 bits per heavy atom. The van der Waals surface area contributed by atoms with E-state index in [-0.39, 0.29) is 17.2 Å². The molecule has 1 aromatic rings. The highest BCUT2D eigenvalue weighted by Crippen LogP contribution is 2.39. The van der Waals surface area contributed by atoms with Crippen molar-refractivity contribution < 1.29 is 19.1 Å². The number of hydrogen-bond acceptors (Lipinski definition) is 4. The van der Waals surface area contributed by atoms with Crippen molar-refractivity contribution in [2.24, 2.45) is 5.41 Å². The molecule has 1 aromatic carbocycles. The molecule has 2 amide bonds. The van der Waals surface area contributed by atoms with Crippen LogP contribution >= 0.6 is 0 Å². The molecule has 26 heavy (non-hydrogen) atoms. The van der Waals surface area contributed by atoms with E-state index in [0.29, 0.717) is 43.2 Å². The molecule has 1 aliphatic heterocycles. The summed E-state index contributed by atoms with van der Waals surface area (Å²) in [7, 11) is 3.13. The third-order valence-corrected chi connectivity index (χ3v) is 5.71. The zero-order chi connectivity index (χ0) is 18.7. The van der Waals surface area contributed by atoms with Crippen LogP contribution in [0.5, 0.6) is 11.5 Å². The first kappa shape index (κ1) is 18.5. The average molecular weight is 360 g/mol. The standard InChI is InChI=1S/C20H28N2O4/c1-20(8-4-5-9-20)19(24)22-12-10-21(11-13-22)18(23)15-6-7-16(25-2)17(14-15)26-3/h6-7,14H,4-5,8-13H2,1-3H3. The van der Waals surface area contributed by atoms with Crippen molar-refractivity contribution >= 4 is 11.8 Å². The molecule has 1 saturated carbocycles. The normalized spacial score (nSPS) is 19.3. The summed E-state index contributed by atoms with van der Waals surface area (Å²) in [6, 6.07) is 5.20. The maximum atomic E-state index is 12.8. The summed E-state index contributed by atoms with van der Waals surface area (Å²) in [6.07, 6.45) is 4.24. The predicted molar refractivity (Wildman–Crippen MR) is 98.6 cm³/mol. The number of amides is 2. The van der Waals surface area contributed by atoms with E-state index in [1.807, 2.05) is 9.80 Å². The number of carbonyl (C=O) groups is 2. The van der Waals surface area contributed by atoms with Gasteiger partial charge < -0.3 is 19.3 Å². The van der Waals surface area contributed by atoms with Gasteiger partial charge in [-0.1, -0.05) is 19.8 Å². The van der Waals surface area contributed by atoms with E-state index in [1.165, 1.54) is 0 Å². The summed E-state index contributed by atoms with van der Waals surface area (Å²) in [4.78, 5) is 29.3. The van der Waals surface area contributed by atoms with Crippen molar-refractivity contribution in [3.05, 3.63) is 23.8 Å². The van der Waals surface area contributed by atoms with Crippen molar-refractivity contribution in [1.82, 2.24) is 9.80 Å². The minimum absolute atomic E-state index is 0.0369. The molecule has 6 nitrogen and oxygen atoms in total. The molecule has 1 aliphatic carbocycles. The van der Waals surface area contributed by atoms with Crippen LogP contribution in [-0.2, 0) is 4.79 Å². The molecule has 3 rings (SSSR count). The van der Waals surface area contributed by atoms with Crippen LogP contribution in [0.4, 0.5) is 0 Å². The van der Waals surface area contributed by atoms with E-state index < -0.39 is 0 Å². The van der Waals surface area contributed by atoms with Crippen LogP contribution in [0.2, 0.25) is 0 Å². The molecule has 2 aliphatic rings.